The zero-order valence-corrected chi connectivity index (χ0v) is 7.25. The second kappa shape index (κ2) is 2.76. The van der Waals surface area contributed by atoms with E-state index in [0.29, 0.717) is 12.2 Å². The van der Waals surface area contributed by atoms with Crippen molar-refractivity contribution in [2.24, 2.45) is 5.92 Å². The van der Waals surface area contributed by atoms with Crippen LogP contribution in [0, 0.1) is 5.92 Å². The minimum absolute atomic E-state index is 0.0292. The lowest BCUT2D eigenvalue weighted by molar-refractivity contribution is -0.259. The fourth-order valence-electron chi connectivity index (χ4n) is 2.11. The summed E-state index contributed by atoms with van der Waals surface area (Å²) in [4.78, 5) is 0. The van der Waals surface area contributed by atoms with E-state index >= 15 is 0 Å². The van der Waals surface area contributed by atoms with Crippen molar-refractivity contribution >= 4 is 0 Å². The van der Waals surface area contributed by atoms with Gasteiger partial charge in [-0.15, -0.1) is 0 Å². The van der Waals surface area contributed by atoms with Crippen molar-refractivity contribution in [3.8, 4) is 0 Å². The molecule has 2 rings (SSSR count). The van der Waals surface area contributed by atoms with Crippen molar-refractivity contribution in [2.75, 3.05) is 0 Å². The summed E-state index contributed by atoms with van der Waals surface area (Å²) in [5, 5.41) is 0. The Bertz CT molecular complexity index is 144. The summed E-state index contributed by atoms with van der Waals surface area (Å²) < 4.78 is 11.2. The standard InChI is InChI=1S/C9H16O2/c1-6-3-4-8-5-9(6)11-7(2)10-8/h6-9H,3-5H2,1-2H3/t6-,7+,8+,9+/m0/s1. The van der Waals surface area contributed by atoms with Gasteiger partial charge in [0.1, 0.15) is 0 Å². The highest BCUT2D eigenvalue weighted by Gasteiger charge is 2.35. The van der Waals surface area contributed by atoms with Gasteiger partial charge in [0.15, 0.2) is 6.29 Å². The predicted octanol–water partition coefficient (Wildman–Crippen LogP) is 1.94. The Balaban J connectivity index is 2.02. The maximum absolute atomic E-state index is 5.65. The van der Waals surface area contributed by atoms with Gasteiger partial charge in [-0.1, -0.05) is 6.92 Å². The second-order valence-corrected chi connectivity index (χ2v) is 3.79. The molecule has 1 heterocycles. The monoisotopic (exact) mass is 156 g/mol. The summed E-state index contributed by atoms with van der Waals surface area (Å²) in [5.74, 6) is 0.734. The third kappa shape index (κ3) is 1.42. The minimum Gasteiger partial charge on any atom is -0.350 e. The van der Waals surface area contributed by atoms with Crippen molar-refractivity contribution in [1.29, 1.82) is 0 Å². The lowest BCUT2D eigenvalue weighted by Crippen LogP contribution is -2.43. The Labute approximate surface area is 67.9 Å². The fraction of sp³-hybridized carbons (Fsp3) is 1.00. The van der Waals surface area contributed by atoms with E-state index in [2.05, 4.69) is 6.92 Å². The molecule has 0 N–H and O–H groups in total. The quantitative estimate of drug-likeness (QED) is 0.533. The van der Waals surface area contributed by atoms with Crippen LogP contribution in [0.25, 0.3) is 0 Å². The molecule has 0 aromatic carbocycles. The lowest BCUT2D eigenvalue weighted by Gasteiger charge is -2.41. The molecule has 0 spiro atoms. The molecule has 0 aromatic rings. The van der Waals surface area contributed by atoms with Crippen LogP contribution in [-0.2, 0) is 9.47 Å². The SMILES string of the molecule is C[C@@H]1O[C@@H]2CC[C@H](C)[C@@H](C2)O1. The van der Waals surface area contributed by atoms with Crippen LogP contribution in [0.1, 0.15) is 33.1 Å². The van der Waals surface area contributed by atoms with Crippen LogP contribution in [0.5, 0.6) is 0 Å². The summed E-state index contributed by atoms with van der Waals surface area (Å²) in [6, 6.07) is 0. The maximum atomic E-state index is 5.65. The number of ether oxygens (including phenoxy) is 2. The van der Waals surface area contributed by atoms with Gasteiger partial charge in [-0.05, 0) is 25.7 Å². The van der Waals surface area contributed by atoms with Crippen LogP contribution < -0.4 is 0 Å². The molecule has 0 amide bonds. The van der Waals surface area contributed by atoms with Gasteiger partial charge < -0.3 is 9.47 Å². The first-order valence-electron chi connectivity index (χ1n) is 4.56. The zero-order chi connectivity index (χ0) is 7.84. The summed E-state index contributed by atoms with van der Waals surface area (Å²) in [6.45, 7) is 4.27. The normalized spacial score (nSPS) is 50.7. The van der Waals surface area contributed by atoms with E-state index in [1.807, 2.05) is 6.92 Å². The van der Waals surface area contributed by atoms with Gasteiger partial charge in [-0.3, -0.25) is 0 Å². The first kappa shape index (κ1) is 7.56. The lowest BCUT2D eigenvalue weighted by atomic mass is 9.85. The number of hydrogen-bond acceptors (Lipinski definition) is 2. The molecule has 2 bridgehead atoms. The number of rotatable bonds is 0. The van der Waals surface area contributed by atoms with Crippen LogP contribution in [0.4, 0.5) is 0 Å². The third-order valence-electron chi connectivity index (χ3n) is 2.82. The Hall–Kier alpha value is -0.0800. The number of hydrogen-bond donors (Lipinski definition) is 0. The van der Waals surface area contributed by atoms with Gasteiger partial charge in [0, 0.05) is 6.42 Å². The van der Waals surface area contributed by atoms with E-state index < -0.39 is 0 Å². The molecule has 2 nitrogen and oxygen atoms in total. The Morgan fingerprint density at radius 1 is 1.09 bits per heavy atom. The van der Waals surface area contributed by atoms with Gasteiger partial charge in [-0.25, -0.2) is 0 Å². The molecule has 0 radical (unpaired) electrons. The molecule has 0 unspecified atom stereocenters. The van der Waals surface area contributed by atoms with Crippen LogP contribution in [0.2, 0.25) is 0 Å². The number of fused-ring (bicyclic) bond motifs is 2. The molecule has 11 heavy (non-hydrogen) atoms. The van der Waals surface area contributed by atoms with Crippen molar-refractivity contribution in [1.82, 2.24) is 0 Å². The largest absolute Gasteiger partial charge is 0.350 e. The fourth-order valence-corrected chi connectivity index (χ4v) is 2.11. The van der Waals surface area contributed by atoms with Crippen molar-refractivity contribution in [2.45, 2.75) is 51.6 Å². The van der Waals surface area contributed by atoms with Gasteiger partial charge >= 0.3 is 0 Å². The first-order valence-corrected chi connectivity index (χ1v) is 4.56. The van der Waals surface area contributed by atoms with Crippen molar-refractivity contribution in [3.63, 3.8) is 0 Å². The Kier molecular flexibility index (Phi) is 1.90. The van der Waals surface area contributed by atoms with Crippen LogP contribution >= 0.6 is 0 Å². The molecule has 0 aromatic heterocycles. The molecule has 1 aliphatic carbocycles. The van der Waals surface area contributed by atoms with E-state index in [4.69, 9.17) is 9.47 Å². The van der Waals surface area contributed by atoms with E-state index in [1.54, 1.807) is 0 Å². The van der Waals surface area contributed by atoms with Crippen LogP contribution in [-0.4, -0.2) is 18.5 Å². The highest BCUT2D eigenvalue weighted by molar-refractivity contribution is 4.81. The average Bonchev–Trinajstić information content (AvgIpc) is 1.97. The maximum Gasteiger partial charge on any atom is 0.155 e. The van der Waals surface area contributed by atoms with Crippen molar-refractivity contribution in [3.05, 3.63) is 0 Å². The van der Waals surface area contributed by atoms with Gasteiger partial charge in [0.05, 0.1) is 12.2 Å². The molecular weight excluding hydrogens is 140 g/mol. The van der Waals surface area contributed by atoms with Crippen molar-refractivity contribution < 1.29 is 9.47 Å². The highest BCUT2D eigenvalue weighted by atomic mass is 16.7. The second-order valence-electron chi connectivity index (χ2n) is 3.79. The molecule has 1 saturated carbocycles. The molecule has 4 atom stereocenters. The highest BCUT2D eigenvalue weighted by Crippen LogP contribution is 2.33. The molecule has 2 heteroatoms. The van der Waals surface area contributed by atoms with E-state index in [-0.39, 0.29) is 6.29 Å². The summed E-state index contributed by atoms with van der Waals surface area (Å²) >= 11 is 0. The average molecular weight is 156 g/mol. The first-order chi connectivity index (χ1) is 5.25. The van der Waals surface area contributed by atoms with E-state index in [0.717, 1.165) is 12.3 Å². The van der Waals surface area contributed by atoms with Crippen LogP contribution in [0.15, 0.2) is 0 Å². The third-order valence-corrected chi connectivity index (χ3v) is 2.82. The topological polar surface area (TPSA) is 18.5 Å². The summed E-state index contributed by atoms with van der Waals surface area (Å²) in [7, 11) is 0. The Morgan fingerprint density at radius 3 is 2.73 bits per heavy atom. The molecule has 2 fully saturated rings. The molecular formula is C9H16O2. The Morgan fingerprint density at radius 2 is 1.91 bits per heavy atom. The van der Waals surface area contributed by atoms with Gasteiger partial charge in [0.25, 0.3) is 0 Å². The molecule has 64 valence electrons. The zero-order valence-electron chi connectivity index (χ0n) is 7.25. The van der Waals surface area contributed by atoms with E-state index in [1.165, 1.54) is 12.8 Å². The van der Waals surface area contributed by atoms with Gasteiger partial charge in [0.2, 0.25) is 0 Å². The smallest absolute Gasteiger partial charge is 0.155 e. The molecule has 1 aliphatic heterocycles. The predicted molar refractivity (Wildman–Crippen MR) is 42.2 cm³/mol. The molecule has 2 aliphatic rings. The van der Waals surface area contributed by atoms with E-state index in [9.17, 15) is 0 Å². The summed E-state index contributed by atoms with van der Waals surface area (Å²) in [6.07, 6.45) is 4.60. The minimum atomic E-state index is 0.0292. The molecule has 1 saturated heterocycles. The van der Waals surface area contributed by atoms with Gasteiger partial charge in [-0.2, -0.15) is 0 Å². The van der Waals surface area contributed by atoms with Crippen LogP contribution in [0.3, 0.4) is 0 Å². The summed E-state index contributed by atoms with van der Waals surface area (Å²) in [5.41, 5.74) is 0.